The molecule has 0 spiro atoms. The molecule has 0 aliphatic carbocycles. The van der Waals surface area contributed by atoms with E-state index >= 15 is 0 Å². The van der Waals surface area contributed by atoms with Crippen LogP contribution in [-0.2, 0) is 9.59 Å². The highest BCUT2D eigenvalue weighted by atomic mass is 16.2. The first-order valence-electron chi connectivity index (χ1n) is 6.68. The largest absolute Gasteiger partial charge is 0.342 e. The number of hydrogen-bond acceptors (Lipinski definition) is 3. The van der Waals surface area contributed by atoms with Crippen LogP contribution >= 0.6 is 0 Å². The molecular weight excluding hydrogens is 230 g/mol. The molecule has 0 aromatic carbocycles. The van der Waals surface area contributed by atoms with Crippen LogP contribution in [0.25, 0.3) is 0 Å². The van der Waals surface area contributed by atoms with Crippen molar-refractivity contribution < 1.29 is 9.59 Å². The lowest BCUT2D eigenvalue weighted by Gasteiger charge is -2.29. The molecule has 1 fully saturated rings. The van der Waals surface area contributed by atoms with Gasteiger partial charge in [0.25, 0.3) is 0 Å². The van der Waals surface area contributed by atoms with Gasteiger partial charge in [0, 0.05) is 26.7 Å². The zero-order valence-electron chi connectivity index (χ0n) is 12.0. The second-order valence-corrected chi connectivity index (χ2v) is 5.21. The van der Waals surface area contributed by atoms with E-state index in [0.29, 0.717) is 19.6 Å². The monoisotopic (exact) mass is 255 g/mol. The first kappa shape index (κ1) is 15.0. The molecule has 0 aromatic rings. The number of likely N-dealkylation sites (N-methyl/N-ethyl adjacent to an activating group) is 2. The van der Waals surface area contributed by atoms with Crippen LogP contribution in [0.4, 0.5) is 0 Å². The minimum atomic E-state index is -0.349. The zero-order chi connectivity index (χ0) is 13.8. The molecule has 5 nitrogen and oxygen atoms in total. The Bertz CT molecular complexity index is 307. The van der Waals surface area contributed by atoms with Crippen LogP contribution < -0.4 is 5.32 Å². The second kappa shape index (κ2) is 6.18. The lowest BCUT2D eigenvalue weighted by atomic mass is 9.88. The van der Waals surface area contributed by atoms with Crippen molar-refractivity contribution in [2.24, 2.45) is 5.41 Å². The Labute approximate surface area is 110 Å². The summed E-state index contributed by atoms with van der Waals surface area (Å²) in [5, 5.41) is 3.20. The van der Waals surface area contributed by atoms with Crippen LogP contribution in [0.3, 0.4) is 0 Å². The van der Waals surface area contributed by atoms with Gasteiger partial charge in [0.15, 0.2) is 0 Å². The minimum Gasteiger partial charge on any atom is -0.342 e. The van der Waals surface area contributed by atoms with E-state index in [4.69, 9.17) is 0 Å². The Kier molecular flexibility index (Phi) is 5.14. The summed E-state index contributed by atoms with van der Waals surface area (Å²) in [7, 11) is 1.72. The summed E-state index contributed by atoms with van der Waals surface area (Å²) in [5.41, 5.74) is -0.349. The molecule has 1 saturated heterocycles. The predicted octanol–water partition coefficient (Wildman–Crippen LogP) is 0.313. The van der Waals surface area contributed by atoms with E-state index < -0.39 is 0 Å². The topological polar surface area (TPSA) is 52.7 Å². The maximum atomic E-state index is 12.3. The molecule has 1 aliphatic heterocycles. The van der Waals surface area contributed by atoms with Crippen molar-refractivity contribution in [2.45, 2.75) is 27.2 Å². The first-order chi connectivity index (χ1) is 8.44. The van der Waals surface area contributed by atoms with Gasteiger partial charge in [-0.1, -0.05) is 0 Å². The summed E-state index contributed by atoms with van der Waals surface area (Å²) < 4.78 is 0. The van der Waals surface area contributed by atoms with E-state index in [1.165, 1.54) is 0 Å². The third kappa shape index (κ3) is 3.22. The van der Waals surface area contributed by atoms with Crippen molar-refractivity contribution in [1.29, 1.82) is 0 Å². The molecule has 1 unspecified atom stereocenters. The quantitative estimate of drug-likeness (QED) is 0.769. The Morgan fingerprint density at radius 3 is 2.33 bits per heavy atom. The van der Waals surface area contributed by atoms with Crippen molar-refractivity contribution >= 4 is 11.8 Å². The summed E-state index contributed by atoms with van der Waals surface area (Å²) >= 11 is 0. The molecule has 104 valence electrons. The molecule has 1 atom stereocenters. The highest BCUT2D eigenvalue weighted by Gasteiger charge is 2.38. The van der Waals surface area contributed by atoms with Gasteiger partial charge in [-0.05, 0) is 33.7 Å². The highest BCUT2D eigenvalue weighted by molar-refractivity contribution is 5.88. The SMILES string of the molecule is CCN(CC)C(=O)CN(C)C(=O)C1(C)CCNC1. The van der Waals surface area contributed by atoms with E-state index in [1.54, 1.807) is 16.8 Å². The molecule has 18 heavy (non-hydrogen) atoms. The number of rotatable bonds is 5. The third-order valence-electron chi connectivity index (χ3n) is 3.72. The van der Waals surface area contributed by atoms with Crippen molar-refractivity contribution in [3.05, 3.63) is 0 Å². The summed E-state index contributed by atoms with van der Waals surface area (Å²) in [6.45, 7) is 9.00. The van der Waals surface area contributed by atoms with E-state index in [-0.39, 0.29) is 23.8 Å². The number of amides is 2. The molecule has 1 heterocycles. The molecule has 1 N–H and O–H groups in total. The van der Waals surface area contributed by atoms with Crippen molar-refractivity contribution in [1.82, 2.24) is 15.1 Å². The smallest absolute Gasteiger partial charge is 0.242 e. The average molecular weight is 255 g/mol. The van der Waals surface area contributed by atoms with Gasteiger partial charge >= 0.3 is 0 Å². The lowest BCUT2D eigenvalue weighted by Crippen LogP contribution is -2.46. The fourth-order valence-electron chi connectivity index (χ4n) is 2.41. The van der Waals surface area contributed by atoms with Gasteiger partial charge in [0.2, 0.25) is 11.8 Å². The first-order valence-corrected chi connectivity index (χ1v) is 6.68. The Hall–Kier alpha value is -1.10. The van der Waals surface area contributed by atoms with Gasteiger partial charge < -0.3 is 15.1 Å². The molecular formula is C13H25N3O2. The molecule has 0 aromatic heterocycles. The third-order valence-corrected chi connectivity index (χ3v) is 3.72. The van der Waals surface area contributed by atoms with Crippen LogP contribution in [0, 0.1) is 5.41 Å². The van der Waals surface area contributed by atoms with E-state index in [2.05, 4.69) is 5.32 Å². The lowest BCUT2D eigenvalue weighted by molar-refractivity contribution is -0.144. The van der Waals surface area contributed by atoms with Crippen molar-refractivity contribution in [3.63, 3.8) is 0 Å². The van der Waals surface area contributed by atoms with Crippen LogP contribution in [0.5, 0.6) is 0 Å². The second-order valence-electron chi connectivity index (χ2n) is 5.21. The van der Waals surface area contributed by atoms with Crippen LogP contribution in [-0.4, -0.2) is 61.4 Å². The maximum Gasteiger partial charge on any atom is 0.242 e. The molecule has 5 heteroatoms. The van der Waals surface area contributed by atoms with Gasteiger partial charge in [-0.2, -0.15) is 0 Å². The van der Waals surface area contributed by atoms with Gasteiger partial charge in [-0.25, -0.2) is 0 Å². The molecule has 1 rings (SSSR count). The zero-order valence-corrected chi connectivity index (χ0v) is 12.0. The molecule has 0 bridgehead atoms. The van der Waals surface area contributed by atoms with Crippen LogP contribution in [0.1, 0.15) is 27.2 Å². The van der Waals surface area contributed by atoms with E-state index in [1.807, 2.05) is 20.8 Å². The highest BCUT2D eigenvalue weighted by Crippen LogP contribution is 2.26. The number of nitrogens with zero attached hydrogens (tertiary/aromatic N) is 2. The Balaban J connectivity index is 2.57. The fraction of sp³-hybridized carbons (Fsp3) is 0.846. The normalized spacial score (nSPS) is 22.9. The molecule has 1 aliphatic rings. The Morgan fingerprint density at radius 1 is 1.28 bits per heavy atom. The number of carbonyl (C=O) groups excluding carboxylic acids is 2. The van der Waals surface area contributed by atoms with E-state index in [9.17, 15) is 9.59 Å². The van der Waals surface area contributed by atoms with Crippen molar-refractivity contribution in [2.75, 3.05) is 39.8 Å². The predicted molar refractivity (Wildman–Crippen MR) is 71.2 cm³/mol. The molecule has 0 radical (unpaired) electrons. The molecule has 2 amide bonds. The van der Waals surface area contributed by atoms with E-state index in [0.717, 1.165) is 13.0 Å². The fourth-order valence-corrected chi connectivity index (χ4v) is 2.41. The van der Waals surface area contributed by atoms with Gasteiger partial charge in [0.1, 0.15) is 0 Å². The average Bonchev–Trinajstić information content (AvgIpc) is 2.78. The van der Waals surface area contributed by atoms with Gasteiger partial charge in [0.05, 0.1) is 12.0 Å². The summed E-state index contributed by atoms with van der Waals surface area (Å²) in [6.07, 6.45) is 0.843. The standard InChI is InChI=1S/C13H25N3O2/c1-5-16(6-2)11(17)9-15(4)12(18)13(3)7-8-14-10-13/h14H,5-10H2,1-4H3. The minimum absolute atomic E-state index is 0.0189. The number of carbonyl (C=O) groups is 2. The van der Waals surface area contributed by atoms with Crippen LogP contribution in [0.15, 0.2) is 0 Å². The van der Waals surface area contributed by atoms with Crippen LogP contribution in [0.2, 0.25) is 0 Å². The van der Waals surface area contributed by atoms with Crippen molar-refractivity contribution in [3.8, 4) is 0 Å². The summed E-state index contributed by atoms with van der Waals surface area (Å²) in [5.74, 6) is 0.0819. The van der Waals surface area contributed by atoms with Gasteiger partial charge in [-0.15, -0.1) is 0 Å². The number of nitrogens with one attached hydrogen (secondary N) is 1. The summed E-state index contributed by atoms with van der Waals surface area (Å²) in [4.78, 5) is 27.6. The van der Waals surface area contributed by atoms with Gasteiger partial charge in [-0.3, -0.25) is 9.59 Å². The molecule has 0 saturated carbocycles. The maximum absolute atomic E-state index is 12.3. The number of hydrogen-bond donors (Lipinski definition) is 1. The Morgan fingerprint density at radius 2 is 1.89 bits per heavy atom. The summed E-state index contributed by atoms with van der Waals surface area (Å²) in [6, 6.07) is 0.